The Hall–Kier alpha value is -2.05. The van der Waals surface area contributed by atoms with Crippen molar-refractivity contribution in [3.63, 3.8) is 0 Å². The molecule has 150 valence electrons. The molecule has 0 aromatic heterocycles. The minimum atomic E-state index is -1.35. The molecule has 8 heteroatoms. The second-order valence-electron chi connectivity index (χ2n) is 7.15. The van der Waals surface area contributed by atoms with Crippen LogP contribution >= 0.6 is 23.2 Å². The Morgan fingerprint density at radius 3 is 2.64 bits per heavy atom. The van der Waals surface area contributed by atoms with Crippen LogP contribution in [0.5, 0.6) is 0 Å². The van der Waals surface area contributed by atoms with E-state index in [1.54, 1.807) is 24.0 Å². The molecule has 2 aliphatic rings. The van der Waals surface area contributed by atoms with Crippen LogP contribution in [0.2, 0.25) is 10.0 Å². The molecule has 1 aliphatic carbocycles. The van der Waals surface area contributed by atoms with Crippen LogP contribution in [0.3, 0.4) is 0 Å². The van der Waals surface area contributed by atoms with E-state index < -0.39 is 17.5 Å². The van der Waals surface area contributed by atoms with Crippen molar-refractivity contribution in [1.82, 2.24) is 15.1 Å². The molecule has 1 atom stereocenters. The third kappa shape index (κ3) is 3.76. The van der Waals surface area contributed by atoms with Crippen molar-refractivity contribution >= 4 is 41.0 Å². The molecule has 0 spiro atoms. The van der Waals surface area contributed by atoms with E-state index in [1.165, 1.54) is 6.07 Å². The third-order valence-electron chi connectivity index (χ3n) is 5.27. The number of hydrogen-bond acceptors (Lipinski definition) is 3. The lowest BCUT2D eigenvalue weighted by Gasteiger charge is -2.28. The van der Waals surface area contributed by atoms with Crippen LogP contribution in [0.1, 0.15) is 45.1 Å². The summed E-state index contributed by atoms with van der Waals surface area (Å²) in [7, 11) is 0. The van der Waals surface area contributed by atoms with Crippen LogP contribution in [0.25, 0.3) is 0 Å². The molecule has 1 aliphatic heterocycles. The summed E-state index contributed by atoms with van der Waals surface area (Å²) in [6.07, 6.45) is 5.98. The molecular weight excluding hydrogens is 401 g/mol. The van der Waals surface area contributed by atoms with Crippen molar-refractivity contribution in [3.05, 3.63) is 45.6 Å². The molecule has 1 fully saturated rings. The average Bonchev–Trinajstić information content (AvgIpc) is 2.87. The molecule has 1 heterocycles. The number of allylic oxidation sites excluding steroid dienone is 2. The van der Waals surface area contributed by atoms with Crippen molar-refractivity contribution in [2.24, 2.45) is 0 Å². The van der Waals surface area contributed by atoms with Gasteiger partial charge in [0.25, 0.3) is 5.91 Å². The molecule has 0 radical (unpaired) electrons. The van der Waals surface area contributed by atoms with Gasteiger partial charge in [0.1, 0.15) is 12.1 Å². The molecule has 0 bridgehead atoms. The predicted molar refractivity (Wildman–Crippen MR) is 108 cm³/mol. The van der Waals surface area contributed by atoms with Gasteiger partial charge in [-0.05, 0) is 51.7 Å². The zero-order valence-electron chi connectivity index (χ0n) is 15.9. The third-order valence-corrected chi connectivity index (χ3v) is 5.82. The van der Waals surface area contributed by atoms with Gasteiger partial charge in [0.05, 0.1) is 0 Å². The SMILES string of the molecule is CCN(C(=O)CN1C(=O)NC(C)(c2ccc(Cl)cc2Cl)C1=O)C1=CCCCC1. The lowest BCUT2D eigenvalue weighted by atomic mass is 9.92. The molecule has 4 amide bonds. The van der Waals surface area contributed by atoms with E-state index in [4.69, 9.17) is 23.2 Å². The van der Waals surface area contributed by atoms with Gasteiger partial charge < -0.3 is 10.2 Å². The number of halogens is 2. The van der Waals surface area contributed by atoms with Crippen molar-refractivity contribution < 1.29 is 14.4 Å². The number of nitrogens with zero attached hydrogens (tertiary/aromatic N) is 2. The summed E-state index contributed by atoms with van der Waals surface area (Å²) in [5.41, 5.74) is 0.0590. The Morgan fingerprint density at radius 2 is 2.04 bits per heavy atom. The number of urea groups is 1. The highest BCUT2D eigenvalue weighted by atomic mass is 35.5. The van der Waals surface area contributed by atoms with Crippen molar-refractivity contribution in [2.75, 3.05) is 13.1 Å². The number of likely N-dealkylation sites (N-methyl/N-ethyl adjacent to an activating group) is 1. The highest BCUT2D eigenvalue weighted by Crippen LogP contribution is 2.35. The van der Waals surface area contributed by atoms with Gasteiger partial charge in [-0.25, -0.2) is 4.79 Å². The summed E-state index contributed by atoms with van der Waals surface area (Å²) < 4.78 is 0. The maximum atomic E-state index is 13.1. The van der Waals surface area contributed by atoms with E-state index in [9.17, 15) is 14.4 Å². The van der Waals surface area contributed by atoms with Crippen LogP contribution in [-0.4, -0.2) is 40.7 Å². The van der Waals surface area contributed by atoms with Gasteiger partial charge in [-0.15, -0.1) is 0 Å². The summed E-state index contributed by atoms with van der Waals surface area (Å²) >= 11 is 12.2. The lowest BCUT2D eigenvalue weighted by Crippen LogP contribution is -2.44. The largest absolute Gasteiger partial charge is 0.325 e. The Balaban J connectivity index is 1.81. The lowest BCUT2D eigenvalue weighted by molar-refractivity contribution is -0.138. The fraction of sp³-hybridized carbons (Fsp3) is 0.450. The van der Waals surface area contributed by atoms with E-state index in [0.29, 0.717) is 17.1 Å². The normalized spacial score (nSPS) is 22.1. The van der Waals surface area contributed by atoms with Crippen molar-refractivity contribution in [3.8, 4) is 0 Å². The van der Waals surface area contributed by atoms with E-state index in [1.807, 2.05) is 6.92 Å². The number of nitrogens with one attached hydrogen (secondary N) is 1. The standard InChI is InChI=1S/C20H23Cl2N3O3/c1-3-24(14-7-5-4-6-8-14)17(26)12-25-18(27)20(2,23-19(25)28)15-10-9-13(21)11-16(15)22/h7,9-11H,3-6,8,12H2,1-2H3,(H,23,28). The minimum Gasteiger partial charge on any atom is -0.319 e. The number of carbonyl (C=O) groups excluding carboxylic acids is 3. The quantitative estimate of drug-likeness (QED) is 0.725. The maximum absolute atomic E-state index is 13.1. The molecular formula is C20H23Cl2N3O3. The fourth-order valence-corrected chi connectivity index (χ4v) is 4.34. The monoisotopic (exact) mass is 423 g/mol. The van der Waals surface area contributed by atoms with E-state index in [-0.39, 0.29) is 17.5 Å². The van der Waals surface area contributed by atoms with Gasteiger partial charge in [-0.3, -0.25) is 14.5 Å². The first-order valence-electron chi connectivity index (χ1n) is 9.37. The zero-order chi connectivity index (χ0) is 20.5. The van der Waals surface area contributed by atoms with Gasteiger partial charge >= 0.3 is 6.03 Å². The van der Waals surface area contributed by atoms with Gasteiger partial charge in [-0.1, -0.05) is 35.3 Å². The van der Waals surface area contributed by atoms with E-state index in [0.717, 1.165) is 36.3 Å². The molecule has 3 rings (SSSR count). The summed E-state index contributed by atoms with van der Waals surface area (Å²) in [5.74, 6) is -0.783. The first-order valence-corrected chi connectivity index (χ1v) is 10.1. The highest BCUT2D eigenvalue weighted by Gasteiger charge is 2.50. The number of hydrogen-bond donors (Lipinski definition) is 1. The van der Waals surface area contributed by atoms with Gasteiger partial charge in [0, 0.05) is 27.9 Å². The van der Waals surface area contributed by atoms with Crippen LogP contribution in [0, 0.1) is 0 Å². The second-order valence-corrected chi connectivity index (χ2v) is 7.99. The molecule has 1 saturated heterocycles. The van der Waals surface area contributed by atoms with Crippen LogP contribution in [0.15, 0.2) is 30.0 Å². The van der Waals surface area contributed by atoms with Crippen LogP contribution < -0.4 is 5.32 Å². The highest BCUT2D eigenvalue weighted by molar-refractivity contribution is 6.35. The summed E-state index contributed by atoms with van der Waals surface area (Å²) in [6, 6.07) is 4.13. The second kappa shape index (κ2) is 8.13. The molecule has 1 N–H and O–H groups in total. The first kappa shape index (κ1) is 20.7. The van der Waals surface area contributed by atoms with Crippen LogP contribution in [-0.2, 0) is 15.1 Å². The summed E-state index contributed by atoms with van der Waals surface area (Å²) in [6.45, 7) is 3.65. The minimum absolute atomic E-state index is 0.273. The van der Waals surface area contributed by atoms with Crippen molar-refractivity contribution in [1.29, 1.82) is 0 Å². The van der Waals surface area contributed by atoms with Gasteiger partial charge in [0.2, 0.25) is 5.91 Å². The Morgan fingerprint density at radius 1 is 1.29 bits per heavy atom. The van der Waals surface area contributed by atoms with E-state index in [2.05, 4.69) is 11.4 Å². The molecule has 28 heavy (non-hydrogen) atoms. The smallest absolute Gasteiger partial charge is 0.319 e. The number of rotatable bonds is 5. The molecule has 0 saturated carbocycles. The summed E-state index contributed by atoms with van der Waals surface area (Å²) in [5, 5.41) is 3.38. The molecule has 1 unspecified atom stereocenters. The van der Waals surface area contributed by atoms with E-state index >= 15 is 0 Å². The average molecular weight is 424 g/mol. The topological polar surface area (TPSA) is 69.7 Å². The molecule has 1 aromatic rings. The predicted octanol–water partition coefficient (Wildman–Crippen LogP) is 4.07. The van der Waals surface area contributed by atoms with Gasteiger partial charge in [-0.2, -0.15) is 0 Å². The number of imide groups is 1. The van der Waals surface area contributed by atoms with Gasteiger partial charge in [0.15, 0.2) is 0 Å². The number of benzene rings is 1. The molecule has 6 nitrogen and oxygen atoms in total. The first-order chi connectivity index (χ1) is 13.3. The number of amides is 4. The summed E-state index contributed by atoms with van der Waals surface area (Å²) in [4.78, 5) is 41.0. The maximum Gasteiger partial charge on any atom is 0.325 e. The number of carbonyl (C=O) groups is 3. The Labute approximate surface area is 174 Å². The zero-order valence-corrected chi connectivity index (χ0v) is 17.4. The Bertz CT molecular complexity index is 855. The van der Waals surface area contributed by atoms with Crippen LogP contribution in [0.4, 0.5) is 4.79 Å². The van der Waals surface area contributed by atoms with Crippen molar-refractivity contribution in [2.45, 2.75) is 45.1 Å². The Kier molecular flexibility index (Phi) is 6.01. The molecule has 1 aromatic carbocycles. The fourth-order valence-electron chi connectivity index (χ4n) is 3.74.